The Bertz CT molecular complexity index is 1030. The average Bonchev–Trinajstić information content (AvgIpc) is 3.18. The van der Waals surface area contributed by atoms with E-state index in [0.29, 0.717) is 15.6 Å². The topological polar surface area (TPSA) is 121 Å². The van der Waals surface area contributed by atoms with Crippen molar-refractivity contribution in [1.82, 2.24) is 18.3 Å². The van der Waals surface area contributed by atoms with Gasteiger partial charge in [-0.1, -0.05) is 0 Å². The Hall–Kier alpha value is -2.40. The second kappa shape index (κ2) is 8.45. The molecule has 0 amide bonds. The molecule has 0 aliphatic rings. The summed E-state index contributed by atoms with van der Waals surface area (Å²) in [6, 6.07) is 6.92. The zero-order valence-corrected chi connectivity index (χ0v) is 14.2. The van der Waals surface area contributed by atoms with E-state index in [9.17, 15) is 9.59 Å². The lowest BCUT2D eigenvalue weighted by molar-refractivity contribution is 0.219. The molecule has 0 saturated carbocycles. The minimum atomic E-state index is -0.278. The molecular formula is C14H14N4O4S2. The molecule has 4 heterocycles. The SMILES string of the molecule is CO.O=c1[nH]sc2ncccc12.O=c1c2cccnc2sn1CO. The Balaban J connectivity index is 0.000000160. The molecular weight excluding hydrogens is 352 g/mol. The molecule has 4 rings (SSSR count). The fraction of sp³-hybridized carbons (Fsp3) is 0.143. The summed E-state index contributed by atoms with van der Waals surface area (Å²) in [5.74, 6) is 0. The van der Waals surface area contributed by atoms with Crippen LogP contribution in [0.3, 0.4) is 0 Å². The number of pyridine rings is 2. The third kappa shape index (κ3) is 3.74. The Morgan fingerprint density at radius 3 is 2.29 bits per heavy atom. The van der Waals surface area contributed by atoms with Crippen LogP contribution in [-0.2, 0) is 6.73 Å². The second-order valence-electron chi connectivity index (χ2n) is 4.16. The highest BCUT2D eigenvalue weighted by atomic mass is 32.1. The van der Waals surface area contributed by atoms with Gasteiger partial charge in [0.05, 0.1) is 10.8 Å². The van der Waals surface area contributed by atoms with Gasteiger partial charge in [0, 0.05) is 19.5 Å². The van der Waals surface area contributed by atoms with E-state index in [4.69, 9.17) is 10.2 Å². The first-order valence-electron chi connectivity index (χ1n) is 6.63. The zero-order chi connectivity index (χ0) is 17.5. The van der Waals surface area contributed by atoms with Crippen molar-refractivity contribution in [3.8, 4) is 0 Å². The van der Waals surface area contributed by atoms with Crippen molar-refractivity contribution in [2.45, 2.75) is 6.73 Å². The molecule has 0 unspecified atom stereocenters. The number of rotatable bonds is 1. The molecule has 4 aromatic rings. The molecule has 0 radical (unpaired) electrons. The summed E-state index contributed by atoms with van der Waals surface area (Å²) in [5, 5.41) is 17.0. The maximum absolute atomic E-state index is 11.3. The maximum atomic E-state index is 11.3. The Kier molecular flexibility index (Phi) is 6.32. The minimum Gasteiger partial charge on any atom is -0.400 e. The van der Waals surface area contributed by atoms with E-state index in [1.165, 1.54) is 27.0 Å². The summed E-state index contributed by atoms with van der Waals surface area (Å²) >= 11 is 2.43. The van der Waals surface area contributed by atoms with E-state index in [0.717, 1.165) is 11.9 Å². The molecule has 0 atom stereocenters. The van der Waals surface area contributed by atoms with Crippen molar-refractivity contribution >= 4 is 43.5 Å². The summed E-state index contributed by atoms with van der Waals surface area (Å²) in [4.78, 5) is 31.6. The standard InChI is InChI=1S/C7H6N2O2S.C6H4N2OS.CH4O/c10-4-9-7(11)5-2-1-3-8-6(5)12-9;9-5-4-2-1-3-7-6(4)10-8-5;1-2/h1-3,10H,4H2;1-3H,(H,8,9);2H,1H3. The minimum absolute atomic E-state index is 0.0481. The summed E-state index contributed by atoms with van der Waals surface area (Å²) in [6.45, 7) is -0.278. The average molecular weight is 366 g/mol. The van der Waals surface area contributed by atoms with Crippen molar-refractivity contribution in [2.24, 2.45) is 0 Å². The predicted molar refractivity (Wildman–Crippen MR) is 94.5 cm³/mol. The number of hydrogen-bond donors (Lipinski definition) is 3. The number of hydrogen-bond acceptors (Lipinski definition) is 8. The van der Waals surface area contributed by atoms with Gasteiger partial charge in [-0.3, -0.25) is 14.0 Å². The van der Waals surface area contributed by atoms with E-state index in [1.54, 1.807) is 36.7 Å². The number of H-pyrrole nitrogens is 1. The quantitative estimate of drug-likeness (QED) is 0.462. The van der Waals surface area contributed by atoms with Gasteiger partial charge in [-0.15, -0.1) is 0 Å². The molecule has 0 saturated heterocycles. The van der Waals surface area contributed by atoms with Crippen LogP contribution in [0.25, 0.3) is 20.4 Å². The molecule has 0 aliphatic heterocycles. The Labute approximate surface area is 143 Å². The van der Waals surface area contributed by atoms with Crippen LogP contribution < -0.4 is 11.1 Å². The highest BCUT2D eigenvalue weighted by Crippen LogP contribution is 2.11. The van der Waals surface area contributed by atoms with Crippen LogP contribution in [-0.4, -0.2) is 35.6 Å². The molecule has 126 valence electrons. The van der Waals surface area contributed by atoms with E-state index in [1.807, 2.05) is 0 Å². The van der Waals surface area contributed by atoms with Crippen molar-refractivity contribution in [1.29, 1.82) is 0 Å². The van der Waals surface area contributed by atoms with Gasteiger partial charge in [0.2, 0.25) is 0 Å². The highest BCUT2D eigenvalue weighted by Gasteiger charge is 2.05. The first kappa shape index (κ1) is 17.9. The Morgan fingerprint density at radius 1 is 1.08 bits per heavy atom. The fourth-order valence-corrected chi connectivity index (χ4v) is 3.29. The third-order valence-corrected chi connectivity index (χ3v) is 4.62. The molecule has 10 heteroatoms. The highest BCUT2D eigenvalue weighted by molar-refractivity contribution is 7.13. The number of fused-ring (bicyclic) bond motifs is 2. The second-order valence-corrected chi connectivity index (χ2v) is 5.97. The number of aliphatic hydroxyl groups excluding tert-OH is 2. The summed E-state index contributed by atoms with van der Waals surface area (Å²) in [6.07, 6.45) is 3.30. The van der Waals surface area contributed by atoms with Crippen LogP contribution >= 0.6 is 23.1 Å². The third-order valence-electron chi connectivity index (χ3n) is 2.81. The molecule has 3 N–H and O–H groups in total. The molecule has 4 aromatic heterocycles. The predicted octanol–water partition coefficient (Wildman–Crippen LogP) is 1.00. The lowest BCUT2D eigenvalue weighted by Gasteiger charge is -1.86. The van der Waals surface area contributed by atoms with Crippen molar-refractivity contribution < 1.29 is 10.2 Å². The lowest BCUT2D eigenvalue weighted by Crippen LogP contribution is -2.12. The number of aliphatic hydroxyl groups is 2. The van der Waals surface area contributed by atoms with Crippen LogP contribution in [0.15, 0.2) is 46.2 Å². The molecule has 0 bridgehead atoms. The molecule has 0 aliphatic carbocycles. The van der Waals surface area contributed by atoms with E-state index in [2.05, 4.69) is 14.3 Å². The maximum Gasteiger partial charge on any atom is 0.272 e. The van der Waals surface area contributed by atoms with Crippen molar-refractivity contribution in [3.05, 3.63) is 57.4 Å². The van der Waals surface area contributed by atoms with Crippen LogP contribution in [0.4, 0.5) is 0 Å². The van der Waals surface area contributed by atoms with E-state index < -0.39 is 0 Å². The normalized spacial score (nSPS) is 9.96. The van der Waals surface area contributed by atoms with E-state index in [-0.39, 0.29) is 17.8 Å². The van der Waals surface area contributed by atoms with E-state index >= 15 is 0 Å². The monoisotopic (exact) mass is 366 g/mol. The smallest absolute Gasteiger partial charge is 0.272 e. The van der Waals surface area contributed by atoms with Crippen LogP contribution in [0.5, 0.6) is 0 Å². The Morgan fingerprint density at radius 2 is 1.71 bits per heavy atom. The number of nitrogens with zero attached hydrogens (tertiary/aromatic N) is 3. The zero-order valence-electron chi connectivity index (χ0n) is 12.5. The van der Waals surface area contributed by atoms with Gasteiger partial charge in [0.1, 0.15) is 16.4 Å². The van der Waals surface area contributed by atoms with Crippen molar-refractivity contribution in [3.63, 3.8) is 0 Å². The van der Waals surface area contributed by atoms with Gasteiger partial charge in [0.15, 0.2) is 0 Å². The number of aromatic amines is 1. The summed E-state index contributed by atoms with van der Waals surface area (Å²) in [7, 11) is 1.00. The molecule has 0 spiro atoms. The molecule has 8 nitrogen and oxygen atoms in total. The number of aromatic nitrogens is 4. The largest absolute Gasteiger partial charge is 0.400 e. The lowest BCUT2D eigenvalue weighted by atomic mass is 10.4. The van der Waals surface area contributed by atoms with Crippen molar-refractivity contribution in [2.75, 3.05) is 7.11 Å². The summed E-state index contributed by atoms with van der Waals surface area (Å²) in [5.41, 5.74) is -0.223. The van der Waals surface area contributed by atoms with Gasteiger partial charge >= 0.3 is 0 Å². The van der Waals surface area contributed by atoms with Gasteiger partial charge in [-0.25, -0.2) is 13.9 Å². The fourth-order valence-electron chi connectivity index (χ4n) is 1.79. The molecule has 0 fully saturated rings. The summed E-state index contributed by atoms with van der Waals surface area (Å²) < 4.78 is 3.86. The van der Waals surface area contributed by atoms with Gasteiger partial charge < -0.3 is 10.2 Å². The first-order valence-corrected chi connectivity index (χ1v) is 8.22. The van der Waals surface area contributed by atoms with Crippen LogP contribution in [0, 0.1) is 0 Å². The van der Waals surface area contributed by atoms with Gasteiger partial charge in [-0.05, 0) is 47.3 Å². The van der Waals surface area contributed by atoms with Gasteiger partial charge in [-0.2, -0.15) is 0 Å². The van der Waals surface area contributed by atoms with Crippen LogP contribution in [0.2, 0.25) is 0 Å². The molecule has 0 aromatic carbocycles. The van der Waals surface area contributed by atoms with Crippen LogP contribution in [0.1, 0.15) is 0 Å². The first-order chi connectivity index (χ1) is 11.7. The number of nitrogens with one attached hydrogen (secondary N) is 1. The molecule has 24 heavy (non-hydrogen) atoms. The van der Waals surface area contributed by atoms with Gasteiger partial charge in [0.25, 0.3) is 11.1 Å².